The van der Waals surface area contributed by atoms with Crippen molar-refractivity contribution >= 4 is 22.3 Å². The second-order valence-electron chi connectivity index (χ2n) is 5.96. The van der Waals surface area contributed by atoms with Gasteiger partial charge in [0.05, 0.1) is 11.3 Å². The van der Waals surface area contributed by atoms with Gasteiger partial charge in [0.25, 0.3) is 0 Å². The molecule has 4 aromatic rings. The van der Waals surface area contributed by atoms with Crippen molar-refractivity contribution in [2.75, 3.05) is 0 Å². The molecule has 2 aromatic heterocycles. The van der Waals surface area contributed by atoms with Gasteiger partial charge in [-0.05, 0) is 31.0 Å². The molecule has 25 heavy (non-hydrogen) atoms. The molecule has 0 amide bonds. The third kappa shape index (κ3) is 2.89. The average molecular weight is 347 g/mol. The van der Waals surface area contributed by atoms with Gasteiger partial charge in [-0.1, -0.05) is 49.4 Å². The number of para-hydroxylation sites is 1. The van der Waals surface area contributed by atoms with Gasteiger partial charge in [0, 0.05) is 15.8 Å². The van der Waals surface area contributed by atoms with Gasteiger partial charge in [-0.2, -0.15) is 0 Å². The lowest BCUT2D eigenvalue weighted by atomic mass is 10.1. The molecule has 2 heterocycles. The molecule has 0 aliphatic rings. The molecule has 0 fully saturated rings. The monoisotopic (exact) mass is 347 g/mol. The number of rotatable bonds is 3. The topological polar surface area (TPSA) is 43.1 Å². The van der Waals surface area contributed by atoms with E-state index in [0.717, 1.165) is 27.9 Å². The van der Waals surface area contributed by atoms with E-state index in [-0.39, 0.29) is 5.63 Å². The lowest BCUT2D eigenvalue weighted by Gasteiger charge is -2.01. The first kappa shape index (κ1) is 15.8. The van der Waals surface area contributed by atoms with Crippen LogP contribution < -0.4 is 5.63 Å². The fourth-order valence-corrected chi connectivity index (χ4v) is 3.83. The molecule has 0 spiro atoms. The Kier molecular flexibility index (Phi) is 3.98. The molecule has 3 nitrogen and oxygen atoms in total. The van der Waals surface area contributed by atoms with Crippen LogP contribution in [-0.4, -0.2) is 4.98 Å². The maximum atomic E-state index is 12.4. The molecule has 0 N–H and O–H groups in total. The van der Waals surface area contributed by atoms with Gasteiger partial charge >= 0.3 is 5.63 Å². The van der Waals surface area contributed by atoms with Crippen molar-refractivity contribution in [1.29, 1.82) is 0 Å². The summed E-state index contributed by atoms with van der Waals surface area (Å²) < 4.78 is 5.44. The zero-order valence-electron chi connectivity index (χ0n) is 14.1. The molecular formula is C21H17NO2S. The number of hydrogen-bond donors (Lipinski definition) is 0. The van der Waals surface area contributed by atoms with Crippen molar-refractivity contribution in [3.8, 4) is 21.8 Å². The van der Waals surface area contributed by atoms with Crippen LogP contribution >= 0.6 is 11.3 Å². The van der Waals surface area contributed by atoms with Crippen molar-refractivity contribution in [2.45, 2.75) is 20.3 Å². The standard InChI is InChI=1S/C21H17NO2S/c1-3-14-8-10-15(11-9-14)19-13(2)25-20(22-19)17-12-16-6-4-5-7-18(16)24-21(17)23/h4-12H,3H2,1-2H3. The number of aromatic nitrogens is 1. The summed E-state index contributed by atoms with van der Waals surface area (Å²) in [5.41, 5.74) is 4.06. The molecule has 0 unspecified atom stereocenters. The second-order valence-corrected chi connectivity index (χ2v) is 7.16. The second kappa shape index (κ2) is 6.30. The van der Waals surface area contributed by atoms with Crippen LogP contribution in [0.5, 0.6) is 0 Å². The molecule has 0 aliphatic heterocycles. The third-order valence-electron chi connectivity index (χ3n) is 4.30. The summed E-state index contributed by atoms with van der Waals surface area (Å²) in [5, 5.41) is 1.60. The highest BCUT2D eigenvalue weighted by Crippen LogP contribution is 2.33. The molecule has 0 saturated carbocycles. The molecule has 0 atom stereocenters. The molecule has 0 saturated heterocycles. The summed E-state index contributed by atoms with van der Waals surface area (Å²) in [6.07, 6.45) is 1.01. The molecule has 4 heteroatoms. The van der Waals surface area contributed by atoms with Gasteiger partial charge in [0.1, 0.15) is 10.6 Å². The zero-order chi connectivity index (χ0) is 17.4. The fraction of sp³-hybridized carbons (Fsp3) is 0.143. The van der Waals surface area contributed by atoms with Crippen molar-refractivity contribution in [2.24, 2.45) is 0 Å². The van der Waals surface area contributed by atoms with Gasteiger partial charge in [0.15, 0.2) is 0 Å². The van der Waals surface area contributed by atoms with Crippen molar-refractivity contribution in [1.82, 2.24) is 4.98 Å². The number of hydrogen-bond acceptors (Lipinski definition) is 4. The Morgan fingerprint density at radius 2 is 1.84 bits per heavy atom. The largest absolute Gasteiger partial charge is 0.422 e. The highest BCUT2D eigenvalue weighted by molar-refractivity contribution is 7.15. The Labute approximate surface area is 149 Å². The quantitative estimate of drug-likeness (QED) is 0.463. The lowest BCUT2D eigenvalue weighted by Crippen LogP contribution is -2.02. The van der Waals surface area contributed by atoms with E-state index in [2.05, 4.69) is 31.2 Å². The normalized spacial score (nSPS) is 11.1. The van der Waals surface area contributed by atoms with Crippen molar-refractivity contribution in [3.63, 3.8) is 0 Å². The number of benzene rings is 2. The minimum Gasteiger partial charge on any atom is -0.422 e. The van der Waals surface area contributed by atoms with Crippen LogP contribution in [0.2, 0.25) is 0 Å². The summed E-state index contributed by atoms with van der Waals surface area (Å²) in [5.74, 6) is 0. The smallest absolute Gasteiger partial charge is 0.346 e. The highest BCUT2D eigenvalue weighted by Gasteiger charge is 2.15. The van der Waals surface area contributed by atoms with Crippen LogP contribution in [0, 0.1) is 6.92 Å². The highest BCUT2D eigenvalue weighted by atomic mass is 32.1. The molecule has 2 aromatic carbocycles. The minimum atomic E-state index is -0.347. The first-order chi connectivity index (χ1) is 12.2. The Balaban J connectivity index is 1.82. The Morgan fingerprint density at radius 1 is 1.08 bits per heavy atom. The summed E-state index contributed by atoms with van der Waals surface area (Å²) >= 11 is 1.52. The molecule has 4 rings (SSSR count). The van der Waals surface area contributed by atoms with E-state index in [1.807, 2.05) is 31.2 Å². The molecule has 124 valence electrons. The van der Waals surface area contributed by atoms with E-state index in [0.29, 0.717) is 16.2 Å². The van der Waals surface area contributed by atoms with Gasteiger partial charge in [-0.15, -0.1) is 11.3 Å². The zero-order valence-corrected chi connectivity index (χ0v) is 14.9. The van der Waals surface area contributed by atoms with E-state index in [1.165, 1.54) is 16.9 Å². The Bertz CT molecular complexity index is 1110. The minimum absolute atomic E-state index is 0.347. The van der Waals surface area contributed by atoms with Crippen molar-refractivity contribution in [3.05, 3.63) is 75.5 Å². The van der Waals surface area contributed by atoms with E-state index >= 15 is 0 Å². The van der Waals surface area contributed by atoms with Crippen LogP contribution in [0.25, 0.3) is 32.8 Å². The van der Waals surface area contributed by atoms with E-state index in [4.69, 9.17) is 9.40 Å². The van der Waals surface area contributed by atoms with Gasteiger partial charge in [-0.3, -0.25) is 0 Å². The molecule has 0 aliphatic carbocycles. The lowest BCUT2D eigenvalue weighted by molar-refractivity contribution is 0.563. The predicted molar refractivity (Wildman–Crippen MR) is 103 cm³/mol. The van der Waals surface area contributed by atoms with Crippen LogP contribution in [0.4, 0.5) is 0 Å². The van der Waals surface area contributed by atoms with Crippen LogP contribution in [0.3, 0.4) is 0 Å². The van der Waals surface area contributed by atoms with Gasteiger partial charge in [-0.25, -0.2) is 9.78 Å². The number of nitrogens with zero attached hydrogens (tertiary/aromatic N) is 1. The van der Waals surface area contributed by atoms with Crippen LogP contribution in [0.1, 0.15) is 17.4 Å². The summed E-state index contributed by atoms with van der Waals surface area (Å²) in [6, 6.07) is 17.8. The third-order valence-corrected chi connectivity index (χ3v) is 5.31. The van der Waals surface area contributed by atoms with Crippen molar-refractivity contribution < 1.29 is 4.42 Å². The van der Waals surface area contributed by atoms with Gasteiger partial charge in [0.2, 0.25) is 0 Å². The van der Waals surface area contributed by atoms with Crippen LogP contribution in [0.15, 0.2) is 63.8 Å². The molecular weight excluding hydrogens is 330 g/mol. The number of aryl methyl sites for hydroxylation is 2. The van der Waals surface area contributed by atoms with Gasteiger partial charge < -0.3 is 4.42 Å². The Hall–Kier alpha value is -2.72. The SMILES string of the molecule is CCc1ccc(-c2nc(-c3cc4ccccc4oc3=O)sc2C)cc1. The maximum Gasteiger partial charge on any atom is 0.346 e. The van der Waals surface area contributed by atoms with E-state index in [1.54, 1.807) is 6.07 Å². The van der Waals surface area contributed by atoms with Crippen LogP contribution in [-0.2, 0) is 6.42 Å². The summed E-state index contributed by atoms with van der Waals surface area (Å²) in [6.45, 7) is 4.17. The maximum absolute atomic E-state index is 12.4. The predicted octanol–water partition coefficient (Wildman–Crippen LogP) is 5.45. The number of thiazole rings is 1. The molecule has 0 radical (unpaired) electrons. The van der Waals surface area contributed by atoms with E-state index in [9.17, 15) is 4.79 Å². The first-order valence-electron chi connectivity index (χ1n) is 8.25. The molecule has 0 bridgehead atoms. The fourth-order valence-electron chi connectivity index (χ4n) is 2.89. The first-order valence-corrected chi connectivity index (χ1v) is 9.07. The summed E-state index contributed by atoms with van der Waals surface area (Å²) in [4.78, 5) is 18.2. The van der Waals surface area contributed by atoms with E-state index < -0.39 is 0 Å². The number of fused-ring (bicyclic) bond motifs is 1. The summed E-state index contributed by atoms with van der Waals surface area (Å²) in [7, 11) is 0. The average Bonchev–Trinajstić information content (AvgIpc) is 3.02. The Morgan fingerprint density at radius 3 is 2.60 bits per heavy atom.